The van der Waals surface area contributed by atoms with Gasteiger partial charge in [-0.2, -0.15) is 0 Å². The number of hydrogen-bond donors (Lipinski definition) is 3. The lowest BCUT2D eigenvalue weighted by molar-refractivity contribution is -0.128. The van der Waals surface area contributed by atoms with Gasteiger partial charge in [0, 0.05) is 11.6 Å². The van der Waals surface area contributed by atoms with Crippen LogP contribution in [0.1, 0.15) is 33.3 Å². The fraction of sp³-hybridized carbons (Fsp3) is 0.500. The molecule has 0 atom stereocenters. The second kappa shape index (κ2) is 9.60. The van der Waals surface area contributed by atoms with Gasteiger partial charge in [0.25, 0.3) is 0 Å². The fourth-order valence-electron chi connectivity index (χ4n) is 1.29. The number of Topliss-reactive ketones (excluding diaryl/α,β-unsaturated/α-hetero) is 1. The van der Waals surface area contributed by atoms with E-state index in [1.54, 1.807) is 0 Å². The molecule has 0 radical (unpaired) electrons. The number of hydrogen-bond acceptors (Lipinski definition) is 3. The molecule has 0 spiro atoms. The normalized spacial score (nSPS) is 11.2. The van der Waals surface area contributed by atoms with Gasteiger partial charge in [0.1, 0.15) is 0 Å². The number of ketones is 1. The first-order valence-electron chi connectivity index (χ1n) is 7.34. The van der Waals surface area contributed by atoms with E-state index in [2.05, 4.69) is 5.32 Å². The summed E-state index contributed by atoms with van der Waals surface area (Å²) >= 11 is 0. The van der Waals surface area contributed by atoms with Gasteiger partial charge in [0.05, 0.1) is 13.0 Å². The Labute approximate surface area is 137 Å². The summed E-state index contributed by atoms with van der Waals surface area (Å²) in [6.07, 6.45) is 0.255. The predicted molar refractivity (Wildman–Crippen MR) is 90.2 cm³/mol. The number of amides is 1. The highest BCUT2D eigenvalue weighted by molar-refractivity contribution is 7.51. The standard InChI is InChI=1S/C14H19NO2.C2H7O3P/c1-14(2,3)12(16)10-15-13(17)9-11-7-5-4-6-8-11;1-2-6(3,4)5/h4-8H,9-10H2,1-3H3,(H,15,17);2H2,1H3,(H2,3,4,5). The van der Waals surface area contributed by atoms with Crippen LogP contribution in [0.4, 0.5) is 0 Å². The predicted octanol–water partition coefficient (Wildman–Crippen LogP) is 2.14. The molecular weight excluding hydrogens is 317 g/mol. The highest BCUT2D eigenvalue weighted by Crippen LogP contribution is 2.32. The average molecular weight is 343 g/mol. The van der Waals surface area contributed by atoms with E-state index >= 15 is 0 Å². The van der Waals surface area contributed by atoms with Crippen LogP contribution in [-0.4, -0.2) is 34.2 Å². The molecule has 0 heterocycles. The van der Waals surface area contributed by atoms with Gasteiger partial charge in [-0.25, -0.2) is 0 Å². The van der Waals surface area contributed by atoms with Crippen LogP contribution in [0, 0.1) is 5.41 Å². The summed E-state index contributed by atoms with van der Waals surface area (Å²) < 4.78 is 9.69. The molecule has 0 bridgehead atoms. The molecule has 0 saturated heterocycles. The molecule has 0 aliphatic rings. The third-order valence-corrected chi connectivity index (χ3v) is 3.73. The molecule has 0 unspecified atom stereocenters. The lowest BCUT2D eigenvalue weighted by Gasteiger charge is -2.16. The van der Waals surface area contributed by atoms with Crippen molar-refractivity contribution in [2.24, 2.45) is 5.41 Å². The zero-order valence-electron chi connectivity index (χ0n) is 14.1. The largest absolute Gasteiger partial charge is 0.349 e. The van der Waals surface area contributed by atoms with Crippen LogP contribution in [0.2, 0.25) is 0 Å². The van der Waals surface area contributed by atoms with Crippen molar-refractivity contribution in [2.75, 3.05) is 12.7 Å². The summed E-state index contributed by atoms with van der Waals surface area (Å²) in [5.41, 5.74) is 0.549. The molecule has 7 heteroatoms. The van der Waals surface area contributed by atoms with Gasteiger partial charge in [-0.3, -0.25) is 14.2 Å². The van der Waals surface area contributed by atoms with E-state index in [1.165, 1.54) is 6.92 Å². The highest BCUT2D eigenvalue weighted by atomic mass is 31.2. The minimum Gasteiger partial charge on any atom is -0.349 e. The lowest BCUT2D eigenvalue weighted by atomic mass is 9.91. The fourth-order valence-corrected chi connectivity index (χ4v) is 1.29. The van der Waals surface area contributed by atoms with Gasteiger partial charge in [0.2, 0.25) is 5.91 Å². The van der Waals surface area contributed by atoms with Crippen molar-refractivity contribution in [1.29, 1.82) is 0 Å². The number of benzene rings is 1. The maximum absolute atomic E-state index is 11.6. The quantitative estimate of drug-likeness (QED) is 0.711. The van der Waals surface area contributed by atoms with E-state index in [9.17, 15) is 14.2 Å². The maximum Gasteiger partial charge on any atom is 0.325 e. The first-order chi connectivity index (χ1) is 10.5. The van der Waals surface area contributed by atoms with Gasteiger partial charge >= 0.3 is 7.60 Å². The van der Waals surface area contributed by atoms with E-state index in [0.29, 0.717) is 6.42 Å². The molecule has 130 valence electrons. The molecule has 0 fully saturated rings. The Morgan fingerprint density at radius 2 is 1.61 bits per heavy atom. The van der Waals surface area contributed by atoms with E-state index in [4.69, 9.17) is 9.79 Å². The van der Waals surface area contributed by atoms with Crippen molar-refractivity contribution in [3.05, 3.63) is 35.9 Å². The topological polar surface area (TPSA) is 104 Å². The molecule has 6 nitrogen and oxygen atoms in total. The SMILES string of the molecule is CC(C)(C)C(=O)CNC(=O)Cc1ccccc1.CCP(=O)(O)O. The third kappa shape index (κ3) is 11.7. The van der Waals surface area contributed by atoms with Gasteiger partial charge in [0.15, 0.2) is 5.78 Å². The Hall–Kier alpha value is -1.49. The highest BCUT2D eigenvalue weighted by Gasteiger charge is 2.21. The number of rotatable bonds is 5. The van der Waals surface area contributed by atoms with Crippen LogP contribution in [0.25, 0.3) is 0 Å². The average Bonchev–Trinajstić information content (AvgIpc) is 2.44. The Balaban J connectivity index is 0.000000688. The Kier molecular flexibility index (Phi) is 8.98. The Bertz CT molecular complexity index is 545. The van der Waals surface area contributed by atoms with Crippen molar-refractivity contribution >= 4 is 19.3 Å². The molecule has 1 aromatic carbocycles. The Morgan fingerprint density at radius 1 is 1.13 bits per heavy atom. The van der Waals surface area contributed by atoms with E-state index in [0.717, 1.165) is 5.56 Å². The van der Waals surface area contributed by atoms with Crippen molar-refractivity contribution in [2.45, 2.75) is 34.1 Å². The Morgan fingerprint density at radius 3 is 2.00 bits per heavy atom. The second-order valence-electron chi connectivity index (χ2n) is 6.09. The van der Waals surface area contributed by atoms with Crippen LogP contribution in [-0.2, 0) is 20.6 Å². The van der Waals surface area contributed by atoms with Crippen LogP contribution < -0.4 is 5.32 Å². The van der Waals surface area contributed by atoms with E-state index in [-0.39, 0.29) is 24.4 Å². The minimum absolute atomic E-state index is 0.0407. The number of carbonyl (C=O) groups excluding carboxylic acids is 2. The van der Waals surface area contributed by atoms with Gasteiger partial charge in [-0.1, -0.05) is 58.0 Å². The molecule has 1 rings (SSSR count). The van der Waals surface area contributed by atoms with Crippen molar-refractivity contribution in [3.8, 4) is 0 Å². The maximum atomic E-state index is 11.6. The molecule has 23 heavy (non-hydrogen) atoms. The third-order valence-electron chi connectivity index (χ3n) is 2.90. The summed E-state index contributed by atoms with van der Waals surface area (Å²) in [7, 11) is -3.65. The van der Waals surface area contributed by atoms with Crippen LogP contribution in [0.3, 0.4) is 0 Å². The molecule has 0 aromatic heterocycles. The molecule has 1 aromatic rings. The van der Waals surface area contributed by atoms with Crippen LogP contribution in [0.5, 0.6) is 0 Å². The molecule has 0 aliphatic carbocycles. The van der Waals surface area contributed by atoms with Gasteiger partial charge in [-0.05, 0) is 5.56 Å². The first kappa shape index (κ1) is 21.5. The zero-order chi connectivity index (χ0) is 18.1. The molecule has 0 saturated carbocycles. The smallest absolute Gasteiger partial charge is 0.325 e. The van der Waals surface area contributed by atoms with E-state index < -0.39 is 13.0 Å². The number of carbonyl (C=O) groups is 2. The van der Waals surface area contributed by atoms with E-state index in [1.807, 2.05) is 51.1 Å². The van der Waals surface area contributed by atoms with Crippen molar-refractivity contribution < 1.29 is 23.9 Å². The monoisotopic (exact) mass is 343 g/mol. The van der Waals surface area contributed by atoms with Crippen molar-refractivity contribution in [1.82, 2.24) is 5.32 Å². The molecular formula is C16H26NO5P. The number of nitrogens with one attached hydrogen (secondary N) is 1. The summed E-state index contributed by atoms with van der Waals surface area (Å²) in [5, 5.41) is 2.65. The molecule has 3 N–H and O–H groups in total. The lowest BCUT2D eigenvalue weighted by Crippen LogP contribution is -2.36. The van der Waals surface area contributed by atoms with Gasteiger partial charge in [-0.15, -0.1) is 0 Å². The second-order valence-corrected chi connectivity index (χ2v) is 8.06. The van der Waals surface area contributed by atoms with Crippen LogP contribution in [0.15, 0.2) is 30.3 Å². The summed E-state index contributed by atoms with van der Waals surface area (Å²) in [5.74, 6) is -0.0762. The first-order valence-corrected chi connectivity index (χ1v) is 9.14. The minimum atomic E-state index is -3.65. The molecule has 1 amide bonds. The molecule has 0 aliphatic heterocycles. The summed E-state index contributed by atoms with van der Waals surface area (Å²) in [4.78, 5) is 39.1. The summed E-state index contributed by atoms with van der Waals surface area (Å²) in [6.45, 7) is 7.09. The van der Waals surface area contributed by atoms with Gasteiger partial charge < -0.3 is 15.1 Å². The van der Waals surface area contributed by atoms with Crippen LogP contribution >= 0.6 is 7.60 Å². The summed E-state index contributed by atoms with van der Waals surface area (Å²) in [6, 6.07) is 9.48. The van der Waals surface area contributed by atoms with Crippen molar-refractivity contribution in [3.63, 3.8) is 0 Å². The zero-order valence-corrected chi connectivity index (χ0v) is 15.0.